The fourth-order valence-corrected chi connectivity index (χ4v) is 2.29. The summed E-state index contributed by atoms with van der Waals surface area (Å²) in [5.74, 6) is -0.537. The van der Waals surface area contributed by atoms with Crippen LogP contribution in [0.2, 0.25) is 0 Å². The summed E-state index contributed by atoms with van der Waals surface area (Å²) in [7, 11) is 1.73. The number of urea groups is 1. The highest BCUT2D eigenvalue weighted by molar-refractivity contribution is 6.04. The maximum atomic E-state index is 12.1. The third-order valence-electron chi connectivity index (χ3n) is 3.43. The summed E-state index contributed by atoms with van der Waals surface area (Å²) < 4.78 is 1.54. The molecule has 1 aliphatic heterocycles. The van der Waals surface area contributed by atoms with Gasteiger partial charge in [-0.25, -0.2) is 4.79 Å². The van der Waals surface area contributed by atoms with E-state index in [2.05, 4.69) is 15.7 Å². The van der Waals surface area contributed by atoms with Gasteiger partial charge in [0.1, 0.15) is 0 Å². The quantitative estimate of drug-likeness (QED) is 0.813. The molecule has 3 rings (SSSR count). The van der Waals surface area contributed by atoms with Crippen molar-refractivity contribution in [1.29, 1.82) is 0 Å². The number of carbonyl (C=O) groups excluding carboxylic acids is 3. The lowest BCUT2D eigenvalue weighted by Crippen LogP contribution is -2.30. The summed E-state index contributed by atoms with van der Waals surface area (Å²) in [6, 6.07) is 6.61. The number of benzene rings is 1. The number of nitrogens with zero attached hydrogens (tertiary/aromatic N) is 3. The van der Waals surface area contributed by atoms with Crippen molar-refractivity contribution in [1.82, 2.24) is 20.0 Å². The van der Waals surface area contributed by atoms with Gasteiger partial charge in [-0.3, -0.25) is 19.2 Å². The highest BCUT2D eigenvalue weighted by Crippen LogP contribution is 2.15. The van der Waals surface area contributed by atoms with Crippen molar-refractivity contribution in [2.75, 3.05) is 11.9 Å². The maximum absolute atomic E-state index is 12.1. The zero-order chi connectivity index (χ0) is 16.4. The van der Waals surface area contributed by atoms with E-state index in [0.29, 0.717) is 11.3 Å². The van der Waals surface area contributed by atoms with Gasteiger partial charge in [0, 0.05) is 18.9 Å². The molecule has 1 fully saturated rings. The van der Waals surface area contributed by atoms with Gasteiger partial charge in [-0.05, 0) is 17.7 Å². The number of rotatable bonds is 4. The average Bonchev–Trinajstić information content (AvgIpc) is 3.09. The van der Waals surface area contributed by atoms with Crippen LogP contribution < -0.4 is 10.6 Å². The van der Waals surface area contributed by atoms with Crippen molar-refractivity contribution in [3.05, 3.63) is 47.8 Å². The first kappa shape index (κ1) is 14.8. The minimum Gasteiger partial charge on any atom is -0.329 e. The molecule has 0 radical (unpaired) electrons. The Kier molecular flexibility index (Phi) is 3.80. The Labute approximate surface area is 132 Å². The van der Waals surface area contributed by atoms with Gasteiger partial charge >= 0.3 is 6.03 Å². The van der Waals surface area contributed by atoms with Crippen LogP contribution >= 0.6 is 0 Å². The monoisotopic (exact) mass is 313 g/mol. The molecule has 2 N–H and O–H groups in total. The van der Waals surface area contributed by atoms with Gasteiger partial charge < -0.3 is 10.6 Å². The standard InChI is InChI=1S/C15H15N5O3/c1-19-9-11(6-17-19)14(22)18-12-4-2-3-10(5-12)8-20-13(21)7-16-15(20)23/h2-6,9H,7-8H2,1H3,(H,16,23)(H,18,22). The Balaban J connectivity index is 1.71. The molecule has 118 valence electrons. The van der Waals surface area contributed by atoms with Crippen molar-refractivity contribution >= 4 is 23.5 Å². The Hall–Kier alpha value is -3.16. The van der Waals surface area contributed by atoms with E-state index < -0.39 is 6.03 Å². The Bertz CT molecular complexity index is 767. The molecule has 1 aromatic heterocycles. The van der Waals surface area contributed by atoms with Crippen LogP contribution in [0.15, 0.2) is 36.7 Å². The van der Waals surface area contributed by atoms with Crippen LogP contribution in [0.5, 0.6) is 0 Å². The van der Waals surface area contributed by atoms with Crippen LogP contribution in [-0.2, 0) is 18.4 Å². The molecule has 0 atom stereocenters. The van der Waals surface area contributed by atoms with Crippen LogP contribution in [0.3, 0.4) is 0 Å². The van der Waals surface area contributed by atoms with Gasteiger partial charge in [-0.1, -0.05) is 12.1 Å². The number of amides is 4. The van der Waals surface area contributed by atoms with Gasteiger partial charge in [-0.2, -0.15) is 5.10 Å². The second-order valence-corrected chi connectivity index (χ2v) is 5.20. The second kappa shape index (κ2) is 5.91. The van der Waals surface area contributed by atoms with E-state index in [4.69, 9.17) is 0 Å². The Morgan fingerprint density at radius 2 is 2.22 bits per heavy atom. The molecule has 1 aliphatic rings. The summed E-state index contributed by atoms with van der Waals surface area (Å²) in [5.41, 5.74) is 1.79. The van der Waals surface area contributed by atoms with Gasteiger partial charge in [-0.15, -0.1) is 0 Å². The number of carbonyl (C=O) groups is 3. The molecule has 2 aromatic rings. The molecule has 0 bridgehead atoms. The number of anilines is 1. The molecule has 8 nitrogen and oxygen atoms in total. The number of imide groups is 1. The summed E-state index contributed by atoms with van der Waals surface area (Å²) >= 11 is 0. The molecule has 2 heterocycles. The molecule has 0 aliphatic carbocycles. The molecule has 0 spiro atoms. The van der Waals surface area contributed by atoms with Crippen molar-refractivity contribution in [3.63, 3.8) is 0 Å². The van der Waals surface area contributed by atoms with Crippen LogP contribution in [0.1, 0.15) is 15.9 Å². The lowest BCUT2D eigenvalue weighted by atomic mass is 10.2. The molecule has 0 unspecified atom stereocenters. The van der Waals surface area contributed by atoms with Gasteiger partial charge in [0.05, 0.1) is 24.8 Å². The largest absolute Gasteiger partial charge is 0.329 e. The summed E-state index contributed by atoms with van der Waals surface area (Å²) in [6.07, 6.45) is 3.10. The lowest BCUT2D eigenvalue weighted by molar-refractivity contribution is -0.125. The van der Waals surface area contributed by atoms with E-state index in [1.54, 1.807) is 42.2 Å². The summed E-state index contributed by atoms with van der Waals surface area (Å²) in [5, 5.41) is 9.18. The topological polar surface area (TPSA) is 96.3 Å². The summed E-state index contributed by atoms with van der Waals surface area (Å²) in [6.45, 7) is 0.192. The van der Waals surface area contributed by atoms with E-state index in [-0.39, 0.29) is 24.9 Å². The molecule has 0 saturated carbocycles. The first-order valence-electron chi connectivity index (χ1n) is 7.00. The zero-order valence-electron chi connectivity index (χ0n) is 12.4. The molecule has 1 saturated heterocycles. The molecule has 1 aromatic carbocycles. The van der Waals surface area contributed by atoms with E-state index in [1.807, 2.05) is 0 Å². The van der Waals surface area contributed by atoms with E-state index in [0.717, 1.165) is 10.5 Å². The normalized spacial score (nSPS) is 14.0. The maximum Gasteiger partial charge on any atom is 0.324 e. The number of aryl methyl sites for hydroxylation is 1. The highest BCUT2D eigenvalue weighted by atomic mass is 16.2. The molecular formula is C15H15N5O3. The van der Waals surface area contributed by atoms with Crippen molar-refractivity contribution in [2.45, 2.75) is 6.54 Å². The number of nitrogens with one attached hydrogen (secondary N) is 2. The molecule has 4 amide bonds. The second-order valence-electron chi connectivity index (χ2n) is 5.20. The zero-order valence-corrected chi connectivity index (χ0v) is 12.4. The van der Waals surface area contributed by atoms with Crippen LogP contribution in [0.4, 0.5) is 10.5 Å². The van der Waals surface area contributed by atoms with Crippen LogP contribution in [0, 0.1) is 0 Å². The van der Waals surface area contributed by atoms with Crippen molar-refractivity contribution in [3.8, 4) is 0 Å². The Morgan fingerprint density at radius 1 is 1.39 bits per heavy atom. The fraction of sp³-hybridized carbons (Fsp3) is 0.200. The van der Waals surface area contributed by atoms with E-state index in [1.165, 1.54) is 6.20 Å². The van der Waals surface area contributed by atoms with Gasteiger partial charge in [0.15, 0.2) is 0 Å². The van der Waals surface area contributed by atoms with Gasteiger partial charge in [0.25, 0.3) is 5.91 Å². The number of hydrogen-bond acceptors (Lipinski definition) is 4. The van der Waals surface area contributed by atoms with Crippen LogP contribution in [-0.4, -0.2) is 39.1 Å². The van der Waals surface area contributed by atoms with Crippen LogP contribution in [0.25, 0.3) is 0 Å². The van der Waals surface area contributed by atoms with E-state index >= 15 is 0 Å². The number of hydrogen-bond donors (Lipinski definition) is 2. The Morgan fingerprint density at radius 3 is 2.87 bits per heavy atom. The van der Waals surface area contributed by atoms with E-state index in [9.17, 15) is 14.4 Å². The summed E-state index contributed by atoms with van der Waals surface area (Å²) in [4.78, 5) is 36.4. The third-order valence-corrected chi connectivity index (χ3v) is 3.43. The third kappa shape index (κ3) is 3.20. The molecular weight excluding hydrogens is 298 g/mol. The predicted molar refractivity (Wildman–Crippen MR) is 81.6 cm³/mol. The van der Waals surface area contributed by atoms with Gasteiger partial charge in [0.2, 0.25) is 5.91 Å². The smallest absolute Gasteiger partial charge is 0.324 e. The fourth-order valence-electron chi connectivity index (χ4n) is 2.29. The lowest BCUT2D eigenvalue weighted by Gasteiger charge is -2.13. The first-order chi connectivity index (χ1) is 11.0. The minimum absolute atomic E-state index is 0.0241. The minimum atomic E-state index is -0.403. The first-order valence-corrected chi connectivity index (χ1v) is 7.00. The molecule has 8 heteroatoms. The highest BCUT2D eigenvalue weighted by Gasteiger charge is 2.28. The van der Waals surface area contributed by atoms with Crippen molar-refractivity contribution < 1.29 is 14.4 Å². The SMILES string of the molecule is Cn1cc(C(=O)Nc2cccc(CN3C(=O)CNC3=O)c2)cn1. The number of aromatic nitrogens is 2. The average molecular weight is 313 g/mol. The molecule has 23 heavy (non-hydrogen) atoms. The predicted octanol–water partition coefficient (Wildman–Crippen LogP) is 0.724. The van der Waals surface area contributed by atoms with Crippen molar-refractivity contribution in [2.24, 2.45) is 7.05 Å².